The van der Waals surface area contributed by atoms with Gasteiger partial charge in [0.25, 0.3) is 5.91 Å². The molecule has 1 amide bonds. The third-order valence-electron chi connectivity index (χ3n) is 6.25. The lowest BCUT2D eigenvalue weighted by Gasteiger charge is -2.45. The fourth-order valence-electron chi connectivity index (χ4n) is 4.60. The predicted molar refractivity (Wildman–Crippen MR) is 129 cm³/mol. The van der Waals surface area contributed by atoms with Gasteiger partial charge in [0, 0.05) is 18.3 Å². The zero-order chi connectivity index (χ0) is 23.1. The van der Waals surface area contributed by atoms with Crippen molar-refractivity contribution in [3.05, 3.63) is 112 Å². The number of amides is 1. The minimum Gasteiger partial charge on any atom is -0.502 e. The van der Waals surface area contributed by atoms with Gasteiger partial charge in [0.05, 0.1) is 6.04 Å². The van der Waals surface area contributed by atoms with E-state index in [4.69, 9.17) is 0 Å². The first-order chi connectivity index (χ1) is 16.0. The standard InChI is InChI=1S/C27H25N3O3/c1-18(2)28-17-30(29-16-15-23(31)26(32)25(29)27(28)33)24(20-10-4-3-5-11-20)22-14-8-12-19-9-6-7-13-21(19)22/h3-16,18,24,32H,17H2,1-2H3. The lowest BCUT2D eigenvalue weighted by Crippen LogP contribution is -2.57. The summed E-state index contributed by atoms with van der Waals surface area (Å²) < 4.78 is 1.64. The molecule has 1 atom stereocenters. The Balaban J connectivity index is 1.80. The highest BCUT2D eigenvalue weighted by atomic mass is 16.3. The number of hydrogen-bond donors (Lipinski definition) is 1. The molecule has 1 aromatic heterocycles. The number of aromatic nitrogens is 1. The van der Waals surface area contributed by atoms with E-state index in [0.717, 1.165) is 21.9 Å². The van der Waals surface area contributed by atoms with Crippen molar-refractivity contribution in [3.63, 3.8) is 0 Å². The summed E-state index contributed by atoms with van der Waals surface area (Å²) in [6.45, 7) is 4.16. The first-order valence-corrected chi connectivity index (χ1v) is 11.0. The van der Waals surface area contributed by atoms with Crippen molar-refractivity contribution in [1.82, 2.24) is 9.58 Å². The summed E-state index contributed by atoms with van der Waals surface area (Å²) in [5.74, 6) is -0.885. The van der Waals surface area contributed by atoms with Gasteiger partial charge in [0.1, 0.15) is 6.67 Å². The van der Waals surface area contributed by atoms with Crippen LogP contribution in [0.5, 0.6) is 5.75 Å². The quantitative estimate of drug-likeness (QED) is 0.516. The van der Waals surface area contributed by atoms with Crippen LogP contribution in [0.3, 0.4) is 0 Å². The summed E-state index contributed by atoms with van der Waals surface area (Å²) in [4.78, 5) is 27.2. The summed E-state index contributed by atoms with van der Waals surface area (Å²) in [7, 11) is 0. The molecule has 0 saturated carbocycles. The number of carbonyl (C=O) groups excluding carboxylic acids is 1. The maximum Gasteiger partial charge on any atom is 0.278 e. The molecule has 1 unspecified atom stereocenters. The Morgan fingerprint density at radius 1 is 0.848 bits per heavy atom. The maximum atomic E-state index is 13.3. The number of benzene rings is 3. The lowest BCUT2D eigenvalue weighted by molar-refractivity contribution is 0.0621. The third-order valence-corrected chi connectivity index (χ3v) is 6.25. The fourth-order valence-corrected chi connectivity index (χ4v) is 4.60. The maximum absolute atomic E-state index is 13.3. The second kappa shape index (κ2) is 8.13. The Kier molecular flexibility index (Phi) is 5.13. The van der Waals surface area contributed by atoms with Crippen LogP contribution in [-0.2, 0) is 0 Å². The Morgan fingerprint density at radius 2 is 1.55 bits per heavy atom. The molecule has 4 aromatic rings. The summed E-state index contributed by atoms with van der Waals surface area (Å²) >= 11 is 0. The molecule has 0 bridgehead atoms. The molecular formula is C27H25N3O3. The molecule has 1 aliphatic heterocycles. The van der Waals surface area contributed by atoms with Crippen molar-refractivity contribution < 1.29 is 9.90 Å². The van der Waals surface area contributed by atoms with Crippen molar-refractivity contribution in [1.29, 1.82) is 0 Å². The Morgan fingerprint density at radius 3 is 2.30 bits per heavy atom. The first kappa shape index (κ1) is 20.8. The van der Waals surface area contributed by atoms with E-state index in [1.165, 1.54) is 6.07 Å². The van der Waals surface area contributed by atoms with Crippen molar-refractivity contribution in [2.45, 2.75) is 25.9 Å². The van der Waals surface area contributed by atoms with E-state index in [-0.39, 0.29) is 23.7 Å². The smallest absolute Gasteiger partial charge is 0.278 e. The van der Waals surface area contributed by atoms with Gasteiger partial charge in [-0.2, -0.15) is 0 Å². The Bertz CT molecular complexity index is 1390. The Hall–Kier alpha value is -4.06. The van der Waals surface area contributed by atoms with Gasteiger partial charge in [0.15, 0.2) is 11.4 Å². The molecule has 0 saturated heterocycles. The number of aromatic hydroxyl groups is 1. The van der Waals surface area contributed by atoms with Gasteiger partial charge in [-0.05, 0) is 35.7 Å². The summed E-state index contributed by atoms with van der Waals surface area (Å²) in [6.07, 6.45) is 1.58. The van der Waals surface area contributed by atoms with E-state index in [1.807, 2.05) is 55.3 Å². The molecule has 1 aliphatic rings. The molecule has 0 fully saturated rings. The molecule has 0 spiro atoms. The van der Waals surface area contributed by atoms with Crippen molar-refractivity contribution in [2.24, 2.45) is 0 Å². The highest BCUT2D eigenvalue weighted by Crippen LogP contribution is 2.35. The summed E-state index contributed by atoms with van der Waals surface area (Å²) in [6, 6.07) is 25.4. The zero-order valence-electron chi connectivity index (χ0n) is 18.6. The zero-order valence-corrected chi connectivity index (χ0v) is 18.6. The number of rotatable bonds is 4. The van der Waals surface area contributed by atoms with E-state index in [2.05, 4.69) is 36.4 Å². The topological polar surface area (TPSA) is 65.8 Å². The molecule has 5 rings (SSSR count). The van der Waals surface area contributed by atoms with Crippen molar-refractivity contribution >= 4 is 16.7 Å². The van der Waals surface area contributed by atoms with Crippen LogP contribution in [0.25, 0.3) is 10.8 Å². The second-order valence-electron chi connectivity index (χ2n) is 8.55. The molecule has 6 heteroatoms. The average Bonchev–Trinajstić information content (AvgIpc) is 2.83. The molecule has 2 heterocycles. The third kappa shape index (κ3) is 3.44. The Labute approximate surface area is 191 Å². The number of fused-ring (bicyclic) bond motifs is 2. The van der Waals surface area contributed by atoms with Gasteiger partial charge in [0.2, 0.25) is 5.43 Å². The van der Waals surface area contributed by atoms with E-state index in [1.54, 1.807) is 15.8 Å². The van der Waals surface area contributed by atoms with Crippen LogP contribution >= 0.6 is 0 Å². The number of hydrogen-bond acceptors (Lipinski definition) is 4. The molecule has 33 heavy (non-hydrogen) atoms. The minimum absolute atomic E-state index is 0.0105. The predicted octanol–water partition coefficient (Wildman–Crippen LogP) is 4.26. The van der Waals surface area contributed by atoms with Crippen LogP contribution in [0.4, 0.5) is 0 Å². The number of pyridine rings is 1. The highest BCUT2D eigenvalue weighted by molar-refractivity contribution is 5.96. The van der Waals surface area contributed by atoms with Crippen molar-refractivity contribution in [3.8, 4) is 5.75 Å². The van der Waals surface area contributed by atoms with Crippen LogP contribution < -0.4 is 10.4 Å². The lowest BCUT2D eigenvalue weighted by atomic mass is 9.93. The SMILES string of the molecule is CC(C)N1CN(C(c2ccccc2)c2cccc3ccccc23)n2ccc(=O)c(O)c2C1=O. The van der Waals surface area contributed by atoms with E-state index < -0.39 is 11.2 Å². The normalized spacial score (nSPS) is 14.6. The van der Waals surface area contributed by atoms with E-state index in [9.17, 15) is 14.7 Å². The van der Waals surface area contributed by atoms with Crippen LogP contribution in [0.15, 0.2) is 89.9 Å². The number of nitrogens with zero attached hydrogens (tertiary/aromatic N) is 3. The van der Waals surface area contributed by atoms with E-state index in [0.29, 0.717) is 6.67 Å². The fraction of sp³-hybridized carbons (Fsp3) is 0.185. The van der Waals surface area contributed by atoms with Crippen LogP contribution in [0.1, 0.15) is 41.5 Å². The molecular weight excluding hydrogens is 414 g/mol. The van der Waals surface area contributed by atoms with Crippen LogP contribution in [-0.4, -0.2) is 33.3 Å². The van der Waals surface area contributed by atoms with Gasteiger partial charge >= 0.3 is 0 Å². The second-order valence-corrected chi connectivity index (χ2v) is 8.55. The minimum atomic E-state index is -0.568. The summed E-state index contributed by atoms with van der Waals surface area (Å²) in [5, 5.41) is 14.9. The van der Waals surface area contributed by atoms with Gasteiger partial charge in [-0.3, -0.25) is 19.3 Å². The first-order valence-electron chi connectivity index (χ1n) is 11.0. The molecule has 6 nitrogen and oxygen atoms in total. The largest absolute Gasteiger partial charge is 0.502 e. The molecule has 1 N–H and O–H groups in total. The summed E-state index contributed by atoms with van der Waals surface area (Å²) in [5.41, 5.74) is 1.53. The molecule has 166 valence electrons. The monoisotopic (exact) mass is 439 g/mol. The van der Waals surface area contributed by atoms with Crippen LogP contribution in [0.2, 0.25) is 0 Å². The van der Waals surface area contributed by atoms with Crippen molar-refractivity contribution in [2.75, 3.05) is 11.7 Å². The average molecular weight is 440 g/mol. The van der Waals surface area contributed by atoms with Gasteiger partial charge in [-0.25, -0.2) is 0 Å². The highest BCUT2D eigenvalue weighted by Gasteiger charge is 2.37. The van der Waals surface area contributed by atoms with E-state index >= 15 is 0 Å². The van der Waals surface area contributed by atoms with Gasteiger partial charge < -0.3 is 10.0 Å². The number of carbonyl (C=O) groups is 1. The van der Waals surface area contributed by atoms with Gasteiger partial charge in [-0.1, -0.05) is 72.8 Å². The van der Waals surface area contributed by atoms with Crippen LogP contribution in [0, 0.1) is 0 Å². The van der Waals surface area contributed by atoms with Gasteiger partial charge in [-0.15, -0.1) is 0 Å². The molecule has 3 aromatic carbocycles. The molecule has 0 radical (unpaired) electrons. The molecule has 0 aliphatic carbocycles.